The molecule has 2 heterocycles. The van der Waals surface area contributed by atoms with Crippen LogP contribution in [0.1, 0.15) is 49.6 Å². The summed E-state index contributed by atoms with van der Waals surface area (Å²) in [5.74, 6) is 0.868. The van der Waals surface area contributed by atoms with Crippen LogP contribution in [0.2, 0.25) is 0 Å². The summed E-state index contributed by atoms with van der Waals surface area (Å²) < 4.78 is 18.0. The second-order valence-corrected chi connectivity index (χ2v) is 8.04. The van der Waals surface area contributed by atoms with E-state index in [0.717, 1.165) is 17.0 Å². The Morgan fingerprint density at radius 1 is 1.00 bits per heavy atom. The molecule has 3 unspecified atom stereocenters. The van der Waals surface area contributed by atoms with Gasteiger partial charge < -0.3 is 19.5 Å². The smallest absolute Gasteiger partial charge is 0.124 e. The summed E-state index contributed by atoms with van der Waals surface area (Å²) in [6.45, 7) is 7.94. The van der Waals surface area contributed by atoms with Crippen molar-refractivity contribution in [2.45, 2.75) is 44.4 Å². The first-order valence-corrected chi connectivity index (χ1v) is 9.26. The van der Waals surface area contributed by atoms with Crippen molar-refractivity contribution in [3.63, 3.8) is 0 Å². The van der Waals surface area contributed by atoms with Crippen molar-refractivity contribution < 1.29 is 14.2 Å². The fourth-order valence-corrected chi connectivity index (χ4v) is 3.90. The maximum atomic E-state index is 6.20. The molecule has 0 spiro atoms. The SMILES string of the molecule is COc1ccccc1C1Nc2ccc(C(C)(C)C)cc2C2OCCOC12. The van der Waals surface area contributed by atoms with Gasteiger partial charge in [-0.05, 0) is 23.1 Å². The topological polar surface area (TPSA) is 39.7 Å². The maximum absolute atomic E-state index is 6.20. The fraction of sp³-hybridized carbons (Fsp3) is 0.455. The first kappa shape index (κ1) is 17.4. The molecule has 0 bridgehead atoms. The molecule has 0 radical (unpaired) electrons. The molecule has 2 aromatic rings. The molecule has 0 saturated carbocycles. The molecule has 0 amide bonds. The van der Waals surface area contributed by atoms with Crippen LogP contribution in [0, 0.1) is 0 Å². The maximum Gasteiger partial charge on any atom is 0.124 e. The molecule has 138 valence electrons. The molecule has 2 aliphatic heterocycles. The number of hydrogen-bond donors (Lipinski definition) is 1. The number of ether oxygens (including phenoxy) is 3. The molecule has 4 heteroatoms. The van der Waals surface area contributed by atoms with Gasteiger partial charge in [0.05, 0.1) is 26.4 Å². The number of para-hydroxylation sites is 1. The van der Waals surface area contributed by atoms with E-state index < -0.39 is 0 Å². The van der Waals surface area contributed by atoms with Crippen molar-refractivity contribution in [2.75, 3.05) is 25.6 Å². The molecular weight excluding hydrogens is 326 g/mol. The van der Waals surface area contributed by atoms with Crippen LogP contribution in [0.5, 0.6) is 5.75 Å². The van der Waals surface area contributed by atoms with Gasteiger partial charge in [0, 0.05) is 16.8 Å². The van der Waals surface area contributed by atoms with E-state index in [1.54, 1.807) is 7.11 Å². The van der Waals surface area contributed by atoms with Crippen molar-refractivity contribution in [3.05, 3.63) is 59.2 Å². The summed E-state index contributed by atoms with van der Waals surface area (Å²) >= 11 is 0. The molecule has 1 N–H and O–H groups in total. The Bertz CT molecular complexity index is 796. The number of fused-ring (bicyclic) bond motifs is 3. The first-order chi connectivity index (χ1) is 12.5. The van der Waals surface area contributed by atoms with E-state index in [1.807, 2.05) is 18.2 Å². The number of benzene rings is 2. The Hall–Kier alpha value is -2.04. The Morgan fingerprint density at radius 3 is 2.54 bits per heavy atom. The summed E-state index contributed by atoms with van der Waals surface area (Å²) in [6.07, 6.45) is -0.153. The van der Waals surface area contributed by atoms with Crippen LogP contribution < -0.4 is 10.1 Å². The minimum Gasteiger partial charge on any atom is -0.496 e. The van der Waals surface area contributed by atoms with E-state index in [0.29, 0.717) is 13.2 Å². The van der Waals surface area contributed by atoms with Crippen molar-refractivity contribution in [1.29, 1.82) is 0 Å². The average Bonchev–Trinajstić information content (AvgIpc) is 2.66. The quantitative estimate of drug-likeness (QED) is 0.855. The largest absolute Gasteiger partial charge is 0.496 e. The number of nitrogens with one attached hydrogen (secondary N) is 1. The third kappa shape index (κ3) is 2.97. The Kier molecular flexibility index (Phi) is 4.41. The van der Waals surface area contributed by atoms with Gasteiger partial charge in [0.15, 0.2) is 0 Å². The van der Waals surface area contributed by atoms with Crippen LogP contribution in [-0.2, 0) is 14.9 Å². The van der Waals surface area contributed by atoms with Gasteiger partial charge in [-0.1, -0.05) is 51.1 Å². The van der Waals surface area contributed by atoms with Gasteiger partial charge in [-0.3, -0.25) is 0 Å². The molecule has 4 nitrogen and oxygen atoms in total. The monoisotopic (exact) mass is 353 g/mol. The Morgan fingerprint density at radius 2 is 1.77 bits per heavy atom. The third-order valence-electron chi connectivity index (χ3n) is 5.33. The van der Waals surface area contributed by atoms with E-state index in [2.05, 4.69) is 50.4 Å². The van der Waals surface area contributed by atoms with Crippen molar-refractivity contribution in [3.8, 4) is 5.75 Å². The molecular formula is C22H27NO3. The van der Waals surface area contributed by atoms with E-state index in [4.69, 9.17) is 14.2 Å². The summed E-state index contributed by atoms with van der Waals surface area (Å²) in [5, 5.41) is 3.68. The zero-order chi connectivity index (χ0) is 18.3. The highest BCUT2D eigenvalue weighted by molar-refractivity contribution is 5.60. The molecule has 2 aliphatic rings. The fourth-order valence-electron chi connectivity index (χ4n) is 3.90. The molecule has 0 aromatic heterocycles. The second-order valence-electron chi connectivity index (χ2n) is 8.04. The lowest BCUT2D eigenvalue weighted by Crippen LogP contribution is -2.43. The highest BCUT2D eigenvalue weighted by Crippen LogP contribution is 2.46. The van der Waals surface area contributed by atoms with Gasteiger partial charge in [-0.15, -0.1) is 0 Å². The number of rotatable bonds is 2. The van der Waals surface area contributed by atoms with E-state index >= 15 is 0 Å². The van der Waals surface area contributed by atoms with E-state index in [-0.39, 0.29) is 23.7 Å². The Labute approximate surface area is 155 Å². The van der Waals surface area contributed by atoms with Crippen LogP contribution in [0.25, 0.3) is 0 Å². The van der Waals surface area contributed by atoms with E-state index in [9.17, 15) is 0 Å². The van der Waals surface area contributed by atoms with Crippen LogP contribution >= 0.6 is 0 Å². The summed E-state index contributed by atoms with van der Waals surface area (Å²) in [7, 11) is 1.71. The first-order valence-electron chi connectivity index (χ1n) is 9.26. The second kappa shape index (κ2) is 6.60. The molecule has 1 saturated heterocycles. The average molecular weight is 353 g/mol. The van der Waals surface area contributed by atoms with Gasteiger partial charge in [0.1, 0.15) is 18.0 Å². The summed E-state index contributed by atoms with van der Waals surface area (Å²) in [4.78, 5) is 0. The van der Waals surface area contributed by atoms with Crippen LogP contribution in [0.4, 0.5) is 5.69 Å². The molecule has 0 aliphatic carbocycles. The number of methoxy groups -OCH3 is 1. The summed E-state index contributed by atoms with van der Waals surface area (Å²) in [5.41, 5.74) is 4.80. The summed E-state index contributed by atoms with van der Waals surface area (Å²) in [6, 6.07) is 14.8. The predicted molar refractivity (Wildman–Crippen MR) is 103 cm³/mol. The number of anilines is 1. The van der Waals surface area contributed by atoms with Gasteiger partial charge in [0.25, 0.3) is 0 Å². The number of hydrogen-bond acceptors (Lipinski definition) is 4. The predicted octanol–water partition coefficient (Wildman–Crippen LogP) is 4.62. The van der Waals surface area contributed by atoms with Crippen LogP contribution in [0.3, 0.4) is 0 Å². The van der Waals surface area contributed by atoms with Crippen molar-refractivity contribution >= 4 is 5.69 Å². The Balaban J connectivity index is 1.79. The lowest BCUT2D eigenvalue weighted by atomic mass is 9.81. The normalized spacial score (nSPS) is 25.0. The van der Waals surface area contributed by atoms with Crippen LogP contribution in [-0.4, -0.2) is 26.4 Å². The lowest BCUT2D eigenvalue weighted by molar-refractivity contribution is -0.151. The minimum absolute atomic E-state index is 0.00978. The van der Waals surface area contributed by atoms with E-state index in [1.165, 1.54) is 11.1 Å². The van der Waals surface area contributed by atoms with Crippen molar-refractivity contribution in [1.82, 2.24) is 0 Å². The highest BCUT2D eigenvalue weighted by Gasteiger charge is 2.42. The lowest BCUT2D eigenvalue weighted by Gasteiger charge is -2.43. The van der Waals surface area contributed by atoms with Crippen molar-refractivity contribution in [2.24, 2.45) is 0 Å². The third-order valence-corrected chi connectivity index (χ3v) is 5.33. The molecule has 26 heavy (non-hydrogen) atoms. The zero-order valence-corrected chi connectivity index (χ0v) is 15.9. The van der Waals surface area contributed by atoms with Gasteiger partial charge in [-0.2, -0.15) is 0 Å². The van der Waals surface area contributed by atoms with Crippen LogP contribution in [0.15, 0.2) is 42.5 Å². The zero-order valence-electron chi connectivity index (χ0n) is 15.9. The minimum atomic E-state index is -0.0808. The molecule has 1 fully saturated rings. The molecule has 2 aromatic carbocycles. The standard InChI is InChI=1S/C22H27NO3/c1-22(2,3)14-9-10-17-16(13-14)20-21(26-12-11-25-20)19(23-17)15-7-5-6-8-18(15)24-4/h5-10,13,19-21,23H,11-12H2,1-4H3. The molecule has 4 rings (SSSR count). The van der Waals surface area contributed by atoms with Gasteiger partial charge in [-0.25, -0.2) is 0 Å². The molecule has 3 atom stereocenters. The highest BCUT2D eigenvalue weighted by atomic mass is 16.6. The van der Waals surface area contributed by atoms with Gasteiger partial charge in [0.2, 0.25) is 0 Å². The van der Waals surface area contributed by atoms with Gasteiger partial charge >= 0.3 is 0 Å².